The van der Waals surface area contributed by atoms with Crippen molar-refractivity contribution >= 4 is 32.8 Å². The van der Waals surface area contributed by atoms with E-state index in [1.54, 1.807) is 12.1 Å². The van der Waals surface area contributed by atoms with E-state index >= 15 is 0 Å². The lowest BCUT2D eigenvalue weighted by Gasteiger charge is -2.03. The molecule has 2 aromatic rings. The summed E-state index contributed by atoms with van der Waals surface area (Å²) >= 11 is 6.87. The minimum absolute atomic E-state index is 0.257. The van der Waals surface area contributed by atoms with Crippen molar-refractivity contribution in [2.75, 3.05) is 6.26 Å². The van der Waals surface area contributed by atoms with E-state index in [1.165, 1.54) is 29.7 Å². The quantitative estimate of drug-likeness (QED) is 0.871. The summed E-state index contributed by atoms with van der Waals surface area (Å²) in [5.41, 5.74) is 0. The van der Waals surface area contributed by atoms with Crippen molar-refractivity contribution in [3.8, 4) is 10.8 Å². The van der Waals surface area contributed by atoms with Gasteiger partial charge in [-0.25, -0.2) is 13.4 Å². The van der Waals surface area contributed by atoms with Crippen LogP contribution in [-0.2, 0) is 9.84 Å². The minimum Gasteiger partial charge on any atom is -0.445 e. The van der Waals surface area contributed by atoms with Gasteiger partial charge in [-0.15, -0.1) is 0 Å². The lowest BCUT2D eigenvalue weighted by molar-refractivity contribution is 0.494. The van der Waals surface area contributed by atoms with Crippen LogP contribution >= 0.6 is 22.9 Å². The number of ether oxygens (including phenoxy) is 1. The summed E-state index contributed by atoms with van der Waals surface area (Å²) in [6.45, 7) is 0. The Balaban J connectivity index is 2.19. The number of thiazole rings is 1. The van der Waals surface area contributed by atoms with Crippen molar-refractivity contribution in [3.05, 3.63) is 34.9 Å². The molecule has 0 amide bonds. The Labute approximate surface area is 108 Å². The number of sulfone groups is 1. The van der Waals surface area contributed by atoms with Crippen LogP contribution in [0.4, 0.5) is 0 Å². The van der Waals surface area contributed by atoms with Crippen LogP contribution in [0.5, 0.6) is 10.8 Å². The first-order valence-corrected chi connectivity index (χ1v) is 7.63. The van der Waals surface area contributed by atoms with Gasteiger partial charge in [-0.2, -0.15) is 0 Å². The summed E-state index contributed by atoms with van der Waals surface area (Å²) in [6.07, 6.45) is 2.67. The van der Waals surface area contributed by atoms with Gasteiger partial charge < -0.3 is 4.74 Å². The number of hydrogen-bond acceptors (Lipinski definition) is 5. The van der Waals surface area contributed by atoms with Crippen molar-refractivity contribution in [2.24, 2.45) is 0 Å². The van der Waals surface area contributed by atoms with Crippen LogP contribution in [0.2, 0.25) is 4.47 Å². The lowest BCUT2D eigenvalue weighted by Crippen LogP contribution is -1.96. The number of nitrogens with zero attached hydrogens (tertiary/aromatic N) is 1. The summed E-state index contributed by atoms with van der Waals surface area (Å²) in [6, 6.07) is 6.16. The monoisotopic (exact) mass is 289 g/mol. The molecule has 0 saturated carbocycles. The Bertz CT molecular complexity index is 619. The highest BCUT2D eigenvalue weighted by Crippen LogP contribution is 2.30. The number of rotatable bonds is 3. The molecule has 0 atom stereocenters. The molecule has 0 spiro atoms. The average molecular weight is 290 g/mol. The predicted molar refractivity (Wildman–Crippen MR) is 66.7 cm³/mol. The molecule has 17 heavy (non-hydrogen) atoms. The van der Waals surface area contributed by atoms with Gasteiger partial charge in [0.15, 0.2) is 14.3 Å². The SMILES string of the molecule is CS(=O)(=O)c1ccc(Oc2cnc(Cl)s2)cc1. The second kappa shape index (κ2) is 4.64. The van der Waals surface area contributed by atoms with Crippen LogP contribution in [0.1, 0.15) is 0 Å². The molecule has 90 valence electrons. The van der Waals surface area contributed by atoms with Crippen molar-refractivity contribution in [2.45, 2.75) is 4.90 Å². The van der Waals surface area contributed by atoms with Crippen LogP contribution in [0.25, 0.3) is 0 Å². The maximum absolute atomic E-state index is 11.2. The molecule has 0 aliphatic carbocycles. The van der Waals surface area contributed by atoms with Crippen molar-refractivity contribution < 1.29 is 13.2 Å². The maximum Gasteiger partial charge on any atom is 0.202 e. The summed E-state index contributed by atoms with van der Waals surface area (Å²) in [4.78, 5) is 4.09. The smallest absolute Gasteiger partial charge is 0.202 e. The molecular formula is C10H8ClNO3S2. The standard InChI is InChI=1S/C10H8ClNO3S2/c1-17(13,14)8-4-2-7(3-5-8)15-9-6-12-10(11)16-9/h2-6H,1H3. The molecule has 0 N–H and O–H groups in total. The lowest BCUT2D eigenvalue weighted by atomic mass is 10.3. The zero-order valence-electron chi connectivity index (χ0n) is 8.75. The molecule has 2 rings (SSSR count). The van der Waals surface area contributed by atoms with Gasteiger partial charge in [0.2, 0.25) is 5.06 Å². The fourth-order valence-corrected chi connectivity index (χ4v) is 2.58. The fourth-order valence-electron chi connectivity index (χ4n) is 1.16. The third-order valence-electron chi connectivity index (χ3n) is 1.93. The van der Waals surface area contributed by atoms with Crippen molar-refractivity contribution in [3.63, 3.8) is 0 Å². The molecular weight excluding hydrogens is 282 g/mol. The second-order valence-corrected chi connectivity index (χ2v) is 6.87. The maximum atomic E-state index is 11.2. The van der Waals surface area contributed by atoms with Gasteiger partial charge in [0.25, 0.3) is 0 Å². The molecule has 1 heterocycles. The molecule has 1 aromatic heterocycles. The van der Waals surface area contributed by atoms with Crippen LogP contribution in [0.15, 0.2) is 35.4 Å². The Morgan fingerprint density at radius 1 is 1.29 bits per heavy atom. The zero-order chi connectivity index (χ0) is 12.5. The van der Waals surface area contributed by atoms with Crippen LogP contribution in [0, 0.1) is 0 Å². The molecule has 0 aliphatic rings. The Kier molecular flexibility index (Phi) is 3.37. The van der Waals surface area contributed by atoms with Gasteiger partial charge in [-0.3, -0.25) is 0 Å². The van der Waals surface area contributed by atoms with Crippen LogP contribution in [-0.4, -0.2) is 19.7 Å². The summed E-state index contributed by atoms with van der Waals surface area (Å²) < 4.78 is 28.3. The molecule has 0 bridgehead atoms. The highest BCUT2D eigenvalue weighted by molar-refractivity contribution is 7.90. The van der Waals surface area contributed by atoms with E-state index in [0.29, 0.717) is 15.3 Å². The van der Waals surface area contributed by atoms with E-state index in [0.717, 1.165) is 6.26 Å². The molecule has 0 saturated heterocycles. The van der Waals surface area contributed by atoms with Crippen molar-refractivity contribution in [1.29, 1.82) is 0 Å². The van der Waals surface area contributed by atoms with E-state index in [1.807, 2.05) is 0 Å². The predicted octanol–water partition coefficient (Wildman–Crippen LogP) is 2.99. The Morgan fingerprint density at radius 2 is 1.94 bits per heavy atom. The van der Waals surface area contributed by atoms with Gasteiger partial charge in [0, 0.05) is 6.26 Å². The first-order chi connectivity index (χ1) is 7.95. The molecule has 7 heteroatoms. The number of aromatic nitrogens is 1. The van der Waals surface area contributed by atoms with E-state index in [2.05, 4.69) is 4.98 Å². The third kappa shape index (κ3) is 3.18. The summed E-state index contributed by atoms with van der Waals surface area (Å²) in [5, 5.41) is 0.558. The van der Waals surface area contributed by atoms with Gasteiger partial charge in [-0.1, -0.05) is 22.9 Å². The second-order valence-electron chi connectivity index (χ2n) is 3.28. The third-order valence-corrected chi connectivity index (χ3v) is 4.05. The Morgan fingerprint density at radius 3 is 2.41 bits per heavy atom. The first kappa shape index (κ1) is 12.3. The van der Waals surface area contributed by atoms with E-state index in [9.17, 15) is 8.42 Å². The molecule has 4 nitrogen and oxygen atoms in total. The molecule has 0 radical (unpaired) electrons. The highest BCUT2D eigenvalue weighted by Gasteiger charge is 2.07. The summed E-state index contributed by atoms with van der Waals surface area (Å²) in [7, 11) is -3.17. The normalized spacial score (nSPS) is 11.4. The number of benzene rings is 1. The fraction of sp³-hybridized carbons (Fsp3) is 0.100. The van der Waals surface area contributed by atoms with Crippen LogP contribution in [0.3, 0.4) is 0 Å². The summed E-state index contributed by atoms with van der Waals surface area (Å²) in [5.74, 6) is 0.540. The number of hydrogen-bond donors (Lipinski definition) is 0. The van der Waals surface area contributed by atoms with E-state index in [-0.39, 0.29) is 4.90 Å². The van der Waals surface area contributed by atoms with Crippen molar-refractivity contribution in [1.82, 2.24) is 4.98 Å². The minimum atomic E-state index is -3.17. The molecule has 0 fully saturated rings. The zero-order valence-corrected chi connectivity index (χ0v) is 11.1. The topological polar surface area (TPSA) is 56.3 Å². The van der Waals surface area contributed by atoms with Gasteiger partial charge in [0.05, 0.1) is 11.1 Å². The van der Waals surface area contributed by atoms with E-state index in [4.69, 9.17) is 16.3 Å². The average Bonchev–Trinajstić information content (AvgIpc) is 2.63. The molecule has 1 aromatic carbocycles. The van der Waals surface area contributed by atoms with Crippen LogP contribution < -0.4 is 4.74 Å². The molecule has 0 aliphatic heterocycles. The number of halogens is 1. The molecule has 0 unspecified atom stereocenters. The van der Waals surface area contributed by atoms with Gasteiger partial charge in [0.1, 0.15) is 5.75 Å². The van der Waals surface area contributed by atoms with Gasteiger partial charge >= 0.3 is 0 Å². The largest absolute Gasteiger partial charge is 0.445 e. The van der Waals surface area contributed by atoms with E-state index < -0.39 is 9.84 Å². The Hall–Kier alpha value is -1.11. The first-order valence-electron chi connectivity index (χ1n) is 4.54. The van der Waals surface area contributed by atoms with Gasteiger partial charge in [-0.05, 0) is 24.3 Å². The highest BCUT2D eigenvalue weighted by atomic mass is 35.5.